The van der Waals surface area contributed by atoms with Crippen LogP contribution in [0.4, 0.5) is 0 Å². The third-order valence-electron chi connectivity index (χ3n) is 3.03. The summed E-state index contributed by atoms with van der Waals surface area (Å²) in [6.45, 7) is 3.97. The quantitative estimate of drug-likeness (QED) is 0.682. The standard InChI is InChI=1S/C15H23NO2S/c1-2-18-10-14(17)11-19-15-5-3-4-12(8-15)9-16-13-6-7-13/h3-5,8,13-14,16-17H,2,6-7,9-11H2,1H3. The number of hydrogen-bond acceptors (Lipinski definition) is 4. The van der Waals surface area contributed by atoms with Crippen LogP contribution in [0, 0.1) is 0 Å². The topological polar surface area (TPSA) is 41.5 Å². The molecule has 4 heteroatoms. The maximum absolute atomic E-state index is 9.74. The Morgan fingerprint density at radius 1 is 1.47 bits per heavy atom. The van der Waals surface area contributed by atoms with E-state index in [2.05, 4.69) is 29.6 Å². The molecule has 1 aromatic carbocycles. The van der Waals surface area contributed by atoms with Crippen LogP contribution in [0.5, 0.6) is 0 Å². The van der Waals surface area contributed by atoms with Gasteiger partial charge >= 0.3 is 0 Å². The highest BCUT2D eigenvalue weighted by molar-refractivity contribution is 7.99. The van der Waals surface area contributed by atoms with Gasteiger partial charge in [0.15, 0.2) is 0 Å². The van der Waals surface area contributed by atoms with Gasteiger partial charge in [0.2, 0.25) is 0 Å². The number of rotatable bonds is 9. The monoisotopic (exact) mass is 281 g/mol. The molecule has 3 nitrogen and oxygen atoms in total. The molecular weight excluding hydrogens is 258 g/mol. The molecule has 2 N–H and O–H groups in total. The molecule has 0 saturated heterocycles. The lowest BCUT2D eigenvalue weighted by Gasteiger charge is -2.10. The Morgan fingerprint density at radius 3 is 3.05 bits per heavy atom. The van der Waals surface area contributed by atoms with Crippen molar-refractivity contribution in [1.29, 1.82) is 0 Å². The Bertz CT molecular complexity index is 382. The first-order valence-electron chi connectivity index (χ1n) is 6.99. The van der Waals surface area contributed by atoms with Crippen molar-refractivity contribution in [2.45, 2.75) is 43.4 Å². The van der Waals surface area contributed by atoms with Crippen molar-refractivity contribution < 1.29 is 9.84 Å². The van der Waals surface area contributed by atoms with Crippen LogP contribution in [0.15, 0.2) is 29.2 Å². The summed E-state index contributed by atoms with van der Waals surface area (Å²) >= 11 is 1.69. The number of aliphatic hydroxyl groups excluding tert-OH is 1. The van der Waals surface area contributed by atoms with Crippen molar-refractivity contribution >= 4 is 11.8 Å². The molecule has 1 aromatic rings. The molecule has 0 aliphatic heterocycles. The Balaban J connectivity index is 1.74. The SMILES string of the molecule is CCOCC(O)CSc1cccc(CNC2CC2)c1. The molecule has 0 radical (unpaired) electrons. The summed E-state index contributed by atoms with van der Waals surface area (Å²) < 4.78 is 5.21. The highest BCUT2D eigenvalue weighted by Crippen LogP contribution is 2.22. The van der Waals surface area contributed by atoms with Gasteiger partial charge < -0.3 is 15.2 Å². The fourth-order valence-electron chi connectivity index (χ4n) is 1.79. The number of thioether (sulfide) groups is 1. The molecule has 0 aromatic heterocycles. The van der Waals surface area contributed by atoms with Gasteiger partial charge in [-0.05, 0) is 37.5 Å². The predicted octanol–water partition coefficient (Wildman–Crippen LogP) is 2.43. The molecule has 1 saturated carbocycles. The number of ether oxygens (including phenoxy) is 1. The molecule has 1 atom stereocenters. The smallest absolute Gasteiger partial charge is 0.0867 e. The van der Waals surface area contributed by atoms with Crippen molar-refractivity contribution in [2.75, 3.05) is 19.0 Å². The van der Waals surface area contributed by atoms with Gasteiger partial charge in [-0.2, -0.15) is 0 Å². The Morgan fingerprint density at radius 2 is 2.32 bits per heavy atom. The van der Waals surface area contributed by atoms with Crippen LogP contribution in [-0.2, 0) is 11.3 Å². The summed E-state index contributed by atoms with van der Waals surface area (Å²) in [4.78, 5) is 1.21. The Labute approximate surface area is 119 Å². The van der Waals surface area contributed by atoms with Crippen LogP contribution in [0.2, 0.25) is 0 Å². The molecule has 106 valence electrons. The van der Waals surface area contributed by atoms with Crippen LogP contribution >= 0.6 is 11.8 Å². The minimum Gasteiger partial charge on any atom is -0.390 e. The number of nitrogens with one attached hydrogen (secondary N) is 1. The van der Waals surface area contributed by atoms with Gasteiger partial charge in [-0.25, -0.2) is 0 Å². The van der Waals surface area contributed by atoms with Crippen LogP contribution in [0.25, 0.3) is 0 Å². The molecule has 0 spiro atoms. The zero-order valence-electron chi connectivity index (χ0n) is 11.5. The number of benzene rings is 1. The first-order valence-corrected chi connectivity index (χ1v) is 7.97. The lowest BCUT2D eigenvalue weighted by atomic mass is 10.2. The maximum Gasteiger partial charge on any atom is 0.0867 e. The molecule has 1 fully saturated rings. The minimum atomic E-state index is -0.391. The number of hydrogen-bond donors (Lipinski definition) is 2. The average Bonchev–Trinajstić information content (AvgIpc) is 3.25. The van der Waals surface area contributed by atoms with E-state index in [0.29, 0.717) is 19.0 Å². The second-order valence-electron chi connectivity index (χ2n) is 4.93. The van der Waals surface area contributed by atoms with Gasteiger partial charge in [-0.15, -0.1) is 11.8 Å². The highest BCUT2D eigenvalue weighted by atomic mass is 32.2. The van der Waals surface area contributed by atoms with Crippen LogP contribution in [0.3, 0.4) is 0 Å². The van der Waals surface area contributed by atoms with E-state index in [4.69, 9.17) is 4.74 Å². The van der Waals surface area contributed by atoms with Gasteiger partial charge in [0, 0.05) is 29.8 Å². The van der Waals surface area contributed by atoms with E-state index >= 15 is 0 Å². The third kappa shape index (κ3) is 5.95. The summed E-state index contributed by atoms with van der Waals surface area (Å²) in [6, 6.07) is 9.27. The van der Waals surface area contributed by atoms with E-state index in [9.17, 15) is 5.11 Å². The summed E-state index contributed by atoms with van der Waals surface area (Å²) in [7, 11) is 0. The van der Waals surface area contributed by atoms with Crippen LogP contribution in [-0.4, -0.2) is 36.2 Å². The van der Waals surface area contributed by atoms with Crippen molar-refractivity contribution in [3.05, 3.63) is 29.8 Å². The molecule has 0 amide bonds. The fraction of sp³-hybridized carbons (Fsp3) is 0.600. The highest BCUT2D eigenvalue weighted by Gasteiger charge is 2.19. The molecule has 1 aliphatic carbocycles. The maximum atomic E-state index is 9.74. The van der Waals surface area contributed by atoms with Crippen molar-refractivity contribution in [2.24, 2.45) is 0 Å². The Hall–Kier alpha value is -0.550. The summed E-state index contributed by atoms with van der Waals surface area (Å²) in [5.74, 6) is 0.680. The summed E-state index contributed by atoms with van der Waals surface area (Å²) in [5.41, 5.74) is 1.32. The summed E-state index contributed by atoms with van der Waals surface area (Å²) in [5, 5.41) is 13.3. The second-order valence-corrected chi connectivity index (χ2v) is 6.02. The lowest BCUT2D eigenvalue weighted by molar-refractivity contribution is 0.0551. The predicted molar refractivity (Wildman–Crippen MR) is 79.5 cm³/mol. The van der Waals surface area contributed by atoms with E-state index in [1.54, 1.807) is 11.8 Å². The van der Waals surface area contributed by atoms with E-state index in [-0.39, 0.29) is 0 Å². The van der Waals surface area contributed by atoms with E-state index in [1.807, 2.05) is 6.92 Å². The molecule has 1 unspecified atom stereocenters. The first-order chi connectivity index (χ1) is 9.28. The summed E-state index contributed by atoms with van der Waals surface area (Å²) in [6.07, 6.45) is 2.24. The number of aliphatic hydroxyl groups is 1. The largest absolute Gasteiger partial charge is 0.390 e. The van der Waals surface area contributed by atoms with Gasteiger partial charge in [-0.1, -0.05) is 12.1 Å². The van der Waals surface area contributed by atoms with E-state index in [1.165, 1.54) is 23.3 Å². The van der Waals surface area contributed by atoms with Crippen molar-refractivity contribution in [1.82, 2.24) is 5.32 Å². The first kappa shape index (κ1) is 14.9. The van der Waals surface area contributed by atoms with E-state index in [0.717, 1.165) is 12.6 Å². The van der Waals surface area contributed by atoms with Crippen LogP contribution in [0.1, 0.15) is 25.3 Å². The molecule has 0 heterocycles. The zero-order valence-corrected chi connectivity index (χ0v) is 12.3. The lowest BCUT2D eigenvalue weighted by Crippen LogP contribution is -2.18. The zero-order chi connectivity index (χ0) is 13.5. The van der Waals surface area contributed by atoms with Gasteiger partial charge in [0.05, 0.1) is 12.7 Å². The van der Waals surface area contributed by atoms with Gasteiger partial charge in [0.25, 0.3) is 0 Å². The molecule has 0 bridgehead atoms. The minimum absolute atomic E-state index is 0.391. The fourth-order valence-corrected chi connectivity index (χ4v) is 2.68. The van der Waals surface area contributed by atoms with Gasteiger partial charge in [0.1, 0.15) is 0 Å². The Kier molecular flexibility index (Phi) is 6.17. The average molecular weight is 281 g/mol. The van der Waals surface area contributed by atoms with Crippen molar-refractivity contribution in [3.63, 3.8) is 0 Å². The molecule has 19 heavy (non-hydrogen) atoms. The molecule has 1 aliphatic rings. The molecular formula is C15H23NO2S. The third-order valence-corrected chi connectivity index (χ3v) is 4.17. The van der Waals surface area contributed by atoms with Crippen LogP contribution < -0.4 is 5.32 Å². The molecule has 2 rings (SSSR count). The van der Waals surface area contributed by atoms with Gasteiger partial charge in [-0.3, -0.25) is 0 Å². The normalized spacial score (nSPS) is 16.5. The van der Waals surface area contributed by atoms with Crippen molar-refractivity contribution in [3.8, 4) is 0 Å². The van der Waals surface area contributed by atoms with E-state index < -0.39 is 6.10 Å². The second kappa shape index (κ2) is 7.90.